The summed E-state index contributed by atoms with van der Waals surface area (Å²) in [7, 11) is 0. The third kappa shape index (κ3) is 8.80. The van der Waals surface area contributed by atoms with E-state index in [0.29, 0.717) is 0 Å². The number of aryl methyl sites for hydroxylation is 2. The molecule has 0 spiro atoms. The van der Waals surface area contributed by atoms with Crippen LogP contribution in [0.25, 0.3) is 154 Å². The molecule has 0 aromatic heterocycles. The van der Waals surface area contributed by atoms with Crippen molar-refractivity contribution in [3.8, 4) is 89.0 Å². The minimum absolute atomic E-state index is 0.00590. The summed E-state index contributed by atoms with van der Waals surface area (Å²) >= 11 is 0. The van der Waals surface area contributed by atoms with Crippen LogP contribution in [0, 0.1) is 13.8 Å². The fourth-order valence-electron chi connectivity index (χ4n) is 16.1. The van der Waals surface area contributed by atoms with E-state index in [2.05, 4.69) is 345 Å². The van der Waals surface area contributed by atoms with E-state index in [9.17, 15) is 0 Å². The van der Waals surface area contributed by atoms with Crippen molar-refractivity contribution in [2.45, 2.75) is 52.4 Å². The van der Waals surface area contributed by atoms with Gasteiger partial charge in [0.05, 0.1) is 0 Å². The van der Waals surface area contributed by atoms with Crippen LogP contribution in [0.4, 0.5) is 0 Å². The Bertz CT molecular complexity index is 5680. The van der Waals surface area contributed by atoms with E-state index in [0.717, 1.165) is 0 Å². The Hall–Kier alpha value is -10.9. The largest absolute Gasteiger partial charge is 0.0619 e. The van der Waals surface area contributed by atoms with Crippen LogP contribution in [0.3, 0.4) is 0 Å². The molecule has 0 saturated carbocycles. The van der Waals surface area contributed by atoms with E-state index >= 15 is 0 Å². The quantitative estimate of drug-likeness (QED) is 0.146. The molecule has 436 valence electrons. The van der Waals surface area contributed by atoms with E-state index in [1.807, 2.05) is 0 Å². The second kappa shape index (κ2) is 21.4. The Balaban J connectivity index is 0.000000141. The van der Waals surface area contributed by atoms with Crippen molar-refractivity contribution in [3.05, 3.63) is 337 Å². The van der Waals surface area contributed by atoms with Crippen LogP contribution in [0.15, 0.2) is 303 Å². The molecule has 0 heteroatoms. The standard InChI is InChI=1S/2C46H34/c1-29-19-25-39-41(27-29)45(33-24-26-43-40(28-33)36-14-8-9-18-42(36)46(43,2)3)38-16-7-6-15-37(38)44(39)32-22-20-31(21-23-32)35-17-10-12-30-11-4-5-13-34(30)35;1-29-16-24-39-41(26-29)45(35-23-25-43-40(28-35)36-12-8-9-15-42(36)46(43,2)3)38-14-7-6-13-37(38)44(39)32-20-17-31(18-21-32)34-22-19-30-10-4-5-11-33(30)27-34/h2*4-28H,1-3H3. The molecule has 2 aliphatic carbocycles. The van der Waals surface area contributed by atoms with Crippen LogP contribution in [0.1, 0.15) is 61.1 Å². The lowest BCUT2D eigenvalue weighted by Gasteiger charge is -2.22. The van der Waals surface area contributed by atoms with Gasteiger partial charge >= 0.3 is 0 Å². The summed E-state index contributed by atoms with van der Waals surface area (Å²) in [5, 5.41) is 15.4. The summed E-state index contributed by atoms with van der Waals surface area (Å²) in [6.07, 6.45) is 0. The SMILES string of the molecule is Cc1ccc2c(-c3ccc(-c4ccc5ccccc5c4)cc3)c3ccccc3c(-c3ccc4c(c3)-c3ccccc3C4(C)C)c2c1.Cc1ccc2c(-c3ccc(-c4cccc5ccccc45)cc3)c3ccccc3c(-c3ccc4c(c3)-c3ccccc3C4(C)C)c2c1. The predicted molar refractivity (Wildman–Crippen MR) is 395 cm³/mol. The molecule has 0 heterocycles. The second-order valence-corrected chi connectivity index (χ2v) is 26.8. The molecule has 0 atom stereocenters. The Morgan fingerprint density at radius 1 is 0.185 bits per heavy atom. The summed E-state index contributed by atoms with van der Waals surface area (Å²) in [6.45, 7) is 13.8. The van der Waals surface area contributed by atoms with Gasteiger partial charge in [0.1, 0.15) is 0 Å². The molecule has 0 N–H and O–H groups in total. The molecule has 0 nitrogen and oxygen atoms in total. The van der Waals surface area contributed by atoms with Gasteiger partial charge in [-0.05, 0) is 208 Å². The average Bonchev–Trinajstić information content (AvgIpc) is 1.22. The molecule has 16 aromatic carbocycles. The number of hydrogen-bond donors (Lipinski definition) is 0. The lowest BCUT2D eigenvalue weighted by Crippen LogP contribution is -2.14. The first-order valence-electron chi connectivity index (χ1n) is 32.5. The van der Waals surface area contributed by atoms with Gasteiger partial charge < -0.3 is 0 Å². The minimum atomic E-state index is -0.00671. The summed E-state index contributed by atoms with van der Waals surface area (Å²) in [6, 6.07) is 113. The Morgan fingerprint density at radius 3 is 1.04 bits per heavy atom. The summed E-state index contributed by atoms with van der Waals surface area (Å²) in [4.78, 5) is 0. The van der Waals surface area contributed by atoms with Gasteiger partial charge in [0.15, 0.2) is 0 Å². The highest BCUT2D eigenvalue weighted by molar-refractivity contribution is 6.23. The Morgan fingerprint density at radius 2 is 0.533 bits per heavy atom. The molecule has 0 aliphatic heterocycles. The molecule has 18 rings (SSSR count). The number of rotatable bonds is 6. The molecule has 16 aromatic rings. The van der Waals surface area contributed by atoms with E-state index in [-0.39, 0.29) is 10.8 Å². The first-order chi connectivity index (χ1) is 45.0. The van der Waals surface area contributed by atoms with Gasteiger partial charge in [-0.25, -0.2) is 0 Å². The van der Waals surface area contributed by atoms with E-state index < -0.39 is 0 Å². The Kier molecular flexibility index (Phi) is 12.8. The third-order valence-corrected chi connectivity index (χ3v) is 20.6. The van der Waals surface area contributed by atoms with Crippen LogP contribution < -0.4 is 0 Å². The van der Waals surface area contributed by atoms with Crippen LogP contribution in [-0.2, 0) is 10.8 Å². The smallest absolute Gasteiger partial charge is 0.0158 e. The Labute approximate surface area is 539 Å². The molecular weight excluding hydrogens is 1110 g/mol. The van der Waals surface area contributed by atoms with Crippen LogP contribution in [-0.4, -0.2) is 0 Å². The van der Waals surface area contributed by atoms with E-state index in [1.165, 1.54) is 187 Å². The van der Waals surface area contributed by atoms with Crippen molar-refractivity contribution in [1.29, 1.82) is 0 Å². The van der Waals surface area contributed by atoms with Crippen LogP contribution in [0.2, 0.25) is 0 Å². The maximum absolute atomic E-state index is 2.45. The fourth-order valence-corrected chi connectivity index (χ4v) is 16.1. The summed E-state index contributed by atoms with van der Waals surface area (Å²) < 4.78 is 0. The van der Waals surface area contributed by atoms with Crippen LogP contribution in [0.5, 0.6) is 0 Å². The van der Waals surface area contributed by atoms with Crippen LogP contribution >= 0.6 is 0 Å². The molecule has 0 fully saturated rings. The van der Waals surface area contributed by atoms with Crippen molar-refractivity contribution in [2.75, 3.05) is 0 Å². The zero-order valence-corrected chi connectivity index (χ0v) is 52.9. The molecule has 0 unspecified atom stereocenters. The molecule has 0 saturated heterocycles. The average molecular weight is 1170 g/mol. The van der Waals surface area contributed by atoms with Gasteiger partial charge in [-0.2, -0.15) is 0 Å². The monoisotopic (exact) mass is 1170 g/mol. The molecule has 92 heavy (non-hydrogen) atoms. The van der Waals surface area contributed by atoms with E-state index in [1.54, 1.807) is 0 Å². The first-order valence-corrected chi connectivity index (χ1v) is 32.5. The number of benzene rings is 16. The van der Waals surface area contributed by atoms with Gasteiger partial charge in [0.25, 0.3) is 0 Å². The maximum Gasteiger partial charge on any atom is 0.0158 e. The molecular formula is C92H68. The number of fused-ring (bicyclic) bond motifs is 12. The summed E-state index contributed by atoms with van der Waals surface area (Å²) in [5.74, 6) is 0. The molecule has 0 amide bonds. The minimum Gasteiger partial charge on any atom is -0.0619 e. The molecule has 2 aliphatic rings. The normalized spacial score (nSPS) is 13.3. The zero-order valence-electron chi connectivity index (χ0n) is 52.9. The molecule has 0 radical (unpaired) electrons. The predicted octanol–water partition coefficient (Wildman–Crippen LogP) is 25.5. The lowest BCUT2D eigenvalue weighted by atomic mass is 9.81. The topological polar surface area (TPSA) is 0 Å². The zero-order chi connectivity index (χ0) is 62.0. The van der Waals surface area contributed by atoms with Crippen molar-refractivity contribution < 1.29 is 0 Å². The van der Waals surface area contributed by atoms with Gasteiger partial charge in [0, 0.05) is 10.8 Å². The van der Waals surface area contributed by atoms with Crippen molar-refractivity contribution in [2.24, 2.45) is 0 Å². The summed E-state index contributed by atoms with van der Waals surface area (Å²) in [5.41, 5.74) is 28.8. The highest BCUT2D eigenvalue weighted by Gasteiger charge is 2.37. The van der Waals surface area contributed by atoms with Gasteiger partial charge in [-0.1, -0.05) is 324 Å². The highest BCUT2D eigenvalue weighted by Crippen LogP contribution is 2.54. The maximum atomic E-state index is 2.45. The number of hydrogen-bond acceptors (Lipinski definition) is 0. The van der Waals surface area contributed by atoms with Crippen molar-refractivity contribution >= 4 is 64.6 Å². The lowest BCUT2D eigenvalue weighted by molar-refractivity contribution is 0.660. The van der Waals surface area contributed by atoms with Crippen molar-refractivity contribution in [3.63, 3.8) is 0 Å². The molecule has 0 bridgehead atoms. The highest BCUT2D eigenvalue weighted by atomic mass is 14.4. The van der Waals surface area contributed by atoms with Gasteiger partial charge in [-0.3, -0.25) is 0 Å². The van der Waals surface area contributed by atoms with E-state index in [4.69, 9.17) is 0 Å². The second-order valence-electron chi connectivity index (χ2n) is 26.8. The van der Waals surface area contributed by atoms with Crippen molar-refractivity contribution in [1.82, 2.24) is 0 Å². The first kappa shape index (κ1) is 55.2. The third-order valence-electron chi connectivity index (χ3n) is 20.6. The van der Waals surface area contributed by atoms with Gasteiger partial charge in [-0.15, -0.1) is 0 Å². The van der Waals surface area contributed by atoms with Gasteiger partial charge in [0.2, 0.25) is 0 Å². The fraction of sp³-hybridized carbons (Fsp3) is 0.0870.